The van der Waals surface area contributed by atoms with Crippen molar-refractivity contribution in [1.29, 1.82) is 0 Å². The van der Waals surface area contributed by atoms with E-state index in [0.717, 1.165) is 5.69 Å². The van der Waals surface area contributed by atoms with Crippen LogP contribution in [0.4, 0.5) is 0 Å². The SMILES string of the molecule is Oc1nc[nH]c2ccnc1-2. The van der Waals surface area contributed by atoms with Gasteiger partial charge < -0.3 is 10.1 Å². The number of rotatable bonds is 0. The molecule has 0 fully saturated rings. The molecule has 50 valence electrons. The number of aromatic amines is 1. The van der Waals surface area contributed by atoms with Crippen molar-refractivity contribution in [3.63, 3.8) is 0 Å². The second kappa shape index (κ2) is 1.70. The van der Waals surface area contributed by atoms with Crippen molar-refractivity contribution in [2.75, 3.05) is 0 Å². The Morgan fingerprint density at radius 2 is 2.30 bits per heavy atom. The lowest BCUT2D eigenvalue weighted by molar-refractivity contribution is 0.452. The average molecular weight is 135 g/mol. The lowest BCUT2D eigenvalue weighted by Crippen LogP contribution is -1.85. The van der Waals surface area contributed by atoms with Gasteiger partial charge in [-0.15, -0.1) is 0 Å². The van der Waals surface area contributed by atoms with Gasteiger partial charge >= 0.3 is 0 Å². The number of H-pyrrole nitrogens is 1. The van der Waals surface area contributed by atoms with Crippen molar-refractivity contribution < 1.29 is 5.11 Å². The molecule has 2 aliphatic rings. The van der Waals surface area contributed by atoms with Crippen molar-refractivity contribution in [3.8, 4) is 17.3 Å². The van der Waals surface area contributed by atoms with Gasteiger partial charge in [0.2, 0.25) is 5.88 Å². The first-order valence-electron chi connectivity index (χ1n) is 2.85. The van der Waals surface area contributed by atoms with Gasteiger partial charge in [-0.2, -0.15) is 0 Å². The fraction of sp³-hybridized carbons (Fsp3) is 0. The molecule has 4 nitrogen and oxygen atoms in total. The van der Waals surface area contributed by atoms with Gasteiger partial charge in [0.1, 0.15) is 5.69 Å². The van der Waals surface area contributed by atoms with Gasteiger partial charge in [0, 0.05) is 6.20 Å². The minimum Gasteiger partial charge on any atom is -0.492 e. The highest BCUT2D eigenvalue weighted by Crippen LogP contribution is 2.23. The van der Waals surface area contributed by atoms with E-state index in [-0.39, 0.29) is 5.88 Å². The molecule has 2 aliphatic heterocycles. The van der Waals surface area contributed by atoms with E-state index in [1.54, 1.807) is 12.3 Å². The molecule has 4 heteroatoms. The maximum absolute atomic E-state index is 9.07. The molecule has 0 aromatic carbocycles. The van der Waals surface area contributed by atoms with Crippen molar-refractivity contribution in [1.82, 2.24) is 15.0 Å². The van der Waals surface area contributed by atoms with Crippen LogP contribution in [0, 0.1) is 0 Å². The number of aromatic hydroxyl groups is 1. The summed E-state index contributed by atoms with van der Waals surface area (Å²) in [6.45, 7) is 0. The van der Waals surface area contributed by atoms with Gasteiger partial charge in [-0.1, -0.05) is 0 Å². The number of nitrogens with one attached hydrogen (secondary N) is 1. The van der Waals surface area contributed by atoms with Crippen LogP contribution in [0.25, 0.3) is 11.4 Å². The Bertz CT molecular complexity index is 317. The highest BCUT2D eigenvalue weighted by molar-refractivity contribution is 5.60. The minimum atomic E-state index is -0.0289. The Labute approximate surface area is 56.9 Å². The Hall–Kier alpha value is -1.58. The second-order valence-electron chi connectivity index (χ2n) is 1.93. The third-order valence-corrected chi connectivity index (χ3v) is 1.32. The maximum atomic E-state index is 9.07. The minimum absolute atomic E-state index is 0.0289. The van der Waals surface area contributed by atoms with E-state index in [1.165, 1.54) is 6.33 Å². The van der Waals surface area contributed by atoms with Crippen LogP contribution in [0.1, 0.15) is 0 Å². The van der Waals surface area contributed by atoms with Crippen LogP contribution in [0.3, 0.4) is 0 Å². The monoisotopic (exact) mass is 135 g/mol. The molecule has 0 saturated carbocycles. The first kappa shape index (κ1) is 5.22. The van der Waals surface area contributed by atoms with E-state index < -0.39 is 0 Å². The van der Waals surface area contributed by atoms with Gasteiger partial charge in [-0.05, 0) is 6.07 Å². The smallest absolute Gasteiger partial charge is 0.241 e. The third kappa shape index (κ3) is 0.556. The number of fused-ring (bicyclic) bond motifs is 1. The summed E-state index contributed by atoms with van der Waals surface area (Å²) in [5.41, 5.74) is 1.31. The highest BCUT2D eigenvalue weighted by Gasteiger charge is 2.08. The van der Waals surface area contributed by atoms with Gasteiger partial charge in [0.15, 0.2) is 0 Å². The maximum Gasteiger partial charge on any atom is 0.241 e. The molecule has 0 atom stereocenters. The molecule has 0 aliphatic carbocycles. The zero-order chi connectivity index (χ0) is 6.97. The van der Waals surface area contributed by atoms with Gasteiger partial charge in [0.25, 0.3) is 0 Å². The summed E-state index contributed by atoms with van der Waals surface area (Å²) < 4.78 is 0. The zero-order valence-electron chi connectivity index (χ0n) is 5.07. The zero-order valence-corrected chi connectivity index (χ0v) is 5.07. The second-order valence-corrected chi connectivity index (χ2v) is 1.93. The summed E-state index contributed by atoms with van der Waals surface area (Å²) in [6, 6.07) is 1.77. The summed E-state index contributed by atoms with van der Waals surface area (Å²) in [4.78, 5) is 10.3. The topological polar surface area (TPSA) is 61.8 Å². The molecule has 2 rings (SSSR count). The molecule has 0 radical (unpaired) electrons. The average Bonchev–Trinajstić information content (AvgIpc) is 2.36. The number of aromatic nitrogens is 3. The van der Waals surface area contributed by atoms with Crippen LogP contribution < -0.4 is 0 Å². The quantitative estimate of drug-likeness (QED) is 0.556. The van der Waals surface area contributed by atoms with E-state index in [9.17, 15) is 0 Å². The molecule has 0 aromatic heterocycles. The molecular weight excluding hydrogens is 130 g/mol. The van der Waals surface area contributed by atoms with Crippen molar-refractivity contribution >= 4 is 0 Å². The van der Waals surface area contributed by atoms with E-state index in [2.05, 4.69) is 15.0 Å². The Morgan fingerprint density at radius 1 is 1.40 bits per heavy atom. The Balaban J connectivity index is 2.80. The van der Waals surface area contributed by atoms with Gasteiger partial charge in [0.05, 0.1) is 12.0 Å². The predicted molar refractivity (Wildman–Crippen MR) is 34.7 cm³/mol. The van der Waals surface area contributed by atoms with Gasteiger partial charge in [-0.3, -0.25) is 0 Å². The summed E-state index contributed by atoms with van der Waals surface area (Å²) in [5, 5.41) is 9.07. The fourth-order valence-corrected chi connectivity index (χ4v) is 0.854. The molecule has 0 saturated heterocycles. The van der Waals surface area contributed by atoms with E-state index in [0.29, 0.717) is 5.69 Å². The molecule has 0 aromatic rings. The van der Waals surface area contributed by atoms with Crippen LogP contribution in [0.2, 0.25) is 0 Å². The number of hydrogen-bond acceptors (Lipinski definition) is 3. The van der Waals surface area contributed by atoms with E-state index >= 15 is 0 Å². The largest absolute Gasteiger partial charge is 0.492 e. The molecular formula is C6H5N3O. The van der Waals surface area contributed by atoms with Crippen molar-refractivity contribution in [3.05, 3.63) is 18.6 Å². The van der Waals surface area contributed by atoms with Crippen LogP contribution >= 0.6 is 0 Å². The Kier molecular flexibility index (Phi) is 0.887. The Morgan fingerprint density at radius 3 is 3.10 bits per heavy atom. The van der Waals surface area contributed by atoms with E-state index in [4.69, 9.17) is 5.11 Å². The molecule has 0 spiro atoms. The summed E-state index contributed by atoms with van der Waals surface area (Å²) in [7, 11) is 0. The normalized spacial score (nSPS) is 10.4. The molecule has 0 bridgehead atoms. The molecule has 10 heavy (non-hydrogen) atoms. The van der Waals surface area contributed by atoms with Crippen LogP contribution in [-0.2, 0) is 0 Å². The summed E-state index contributed by atoms with van der Waals surface area (Å²) >= 11 is 0. The third-order valence-electron chi connectivity index (χ3n) is 1.32. The lowest BCUT2D eigenvalue weighted by atomic mass is 10.3. The number of hydrogen-bond donors (Lipinski definition) is 2. The van der Waals surface area contributed by atoms with Crippen LogP contribution in [-0.4, -0.2) is 20.1 Å². The van der Waals surface area contributed by atoms with E-state index in [1.807, 2.05) is 0 Å². The highest BCUT2D eigenvalue weighted by atomic mass is 16.3. The summed E-state index contributed by atoms with van der Waals surface area (Å²) in [5.74, 6) is -0.0289. The van der Waals surface area contributed by atoms with Crippen molar-refractivity contribution in [2.45, 2.75) is 0 Å². The molecule has 0 amide bonds. The van der Waals surface area contributed by atoms with Crippen LogP contribution in [0.15, 0.2) is 18.6 Å². The van der Waals surface area contributed by atoms with Crippen molar-refractivity contribution in [2.24, 2.45) is 0 Å². The molecule has 0 unspecified atom stereocenters. The standard InChI is InChI=1S/C6H5N3O/c10-6-5-4(1-2-7-5)8-3-9-6/h1-3,10H,(H,8,9). The number of nitrogens with zero attached hydrogens (tertiary/aromatic N) is 2. The summed E-state index contributed by atoms with van der Waals surface area (Å²) in [6.07, 6.45) is 3.04. The molecule has 2 heterocycles. The van der Waals surface area contributed by atoms with Gasteiger partial charge in [-0.25, -0.2) is 9.97 Å². The first-order chi connectivity index (χ1) is 4.88. The fourth-order valence-electron chi connectivity index (χ4n) is 0.854. The first-order valence-corrected chi connectivity index (χ1v) is 2.85. The molecule has 2 N–H and O–H groups in total. The predicted octanol–water partition coefficient (Wildman–Crippen LogP) is 0.615. The lowest BCUT2D eigenvalue weighted by Gasteiger charge is -1.96. The van der Waals surface area contributed by atoms with Crippen LogP contribution in [0.5, 0.6) is 5.88 Å².